The zero-order valence-electron chi connectivity index (χ0n) is 12.3. The van der Waals surface area contributed by atoms with Crippen molar-refractivity contribution in [1.82, 2.24) is 9.97 Å². The Balaban J connectivity index is 1.92. The van der Waals surface area contributed by atoms with Crippen LogP contribution in [-0.2, 0) is 23.4 Å². The van der Waals surface area contributed by atoms with Crippen molar-refractivity contribution in [1.29, 1.82) is 0 Å². The molecule has 0 aliphatic carbocycles. The quantitative estimate of drug-likeness (QED) is 0.642. The van der Waals surface area contributed by atoms with Gasteiger partial charge in [0.1, 0.15) is 5.52 Å². The van der Waals surface area contributed by atoms with Crippen molar-refractivity contribution < 1.29 is 26.7 Å². The third kappa shape index (κ3) is 2.10. The van der Waals surface area contributed by atoms with Gasteiger partial charge in [0, 0.05) is 18.0 Å². The molecule has 0 amide bonds. The predicted molar refractivity (Wildman–Crippen MR) is 75.5 cm³/mol. The Hall–Kier alpha value is -2.48. The van der Waals surface area contributed by atoms with Gasteiger partial charge in [0.25, 0.3) is 0 Å². The molecule has 0 saturated heterocycles. The molecule has 1 aliphatic rings. The largest absolute Gasteiger partial charge is 0.436 e. The van der Waals surface area contributed by atoms with Gasteiger partial charge >= 0.3 is 12.2 Å². The Morgan fingerprint density at radius 3 is 2.50 bits per heavy atom. The summed E-state index contributed by atoms with van der Waals surface area (Å²) in [5.41, 5.74) is -0.278. The van der Waals surface area contributed by atoms with Crippen molar-refractivity contribution >= 4 is 11.1 Å². The summed E-state index contributed by atoms with van der Waals surface area (Å²) in [6, 6.07) is 3.41. The normalized spacial score (nSPS) is 18.0. The molecule has 0 saturated carbocycles. The maximum Gasteiger partial charge on any atom is 0.388 e. The van der Waals surface area contributed by atoms with E-state index in [1.807, 2.05) is 6.92 Å². The van der Waals surface area contributed by atoms with Gasteiger partial charge in [-0.25, -0.2) is 9.72 Å². The summed E-state index contributed by atoms with van der Waals surface area (Å²) in [7, 11) is 0. The number of fused-ring (bicyclic) bond motifs is 2. The van der Waals surface area contributed by atoms with Crippen LogP contribution in [-0.4, -0.2) is 9.97 Å². The molecular weight excluding hydrogens is 328 g/mol. The van der Waals surface area contributed by atoms with Gasteiger partial charge in [-0.05, 0) is 30.2 Å². The molecule has 0 radical (unpaired) electrons. The maximum absolute atomic E-state index is 13.6. The van der Waals surface area contributed by atoms with Crippen LogP contribution in [0.4, 0.5) is 17.6 Å². The van der Waals surface area contributed by atoms with Gasteiger partial charge in [0.15, 0.2) is 5.58 Å². The number of pyridine rings is 1. The summed E-state index contributed by atoms with van der Waals surface area (Å²) in [5, 5.41) is 0. The van der Waals surface area contributed by atoms with Gasteiger partial charge in [-0.15, -0.1) is 0 Å². The second-order valence-corrected chi connectivity index (χ2v) is 5.41. The second-order valence-electron chi connectivity index (χ2n) is 5.41. The SMILES string of the molecule is CCc1cnccc1-c1nc2cc3c(cc2o1)C(F)(F)OC3(F)F. The van der Waals surface area contributed by atoms with Gasteiger partial charge in [-0.1, -0.05) is 6.92 Å². The smallest absolute Gasteiger partial charge is 0.388 e. The Morgan fingerprint density at radius 2 is 1.79 bits per heavy atom. The second kappa shape index (κ2) is 4.76. The van der Waals surface area contributed by atoms with Crippen LogP contribution in [0.2, 0.25) is 0 Å². The molecule has 0 atom stereocenters. The fraction of sp³-hybridized carbons (Fsp3) is 0.250. The molecule has 0 N–H and O–H groups in total. The number of ether oxygens (including phenoxy) is 1. The van der Waals surface area contributed by atoms with E-state index in [-0.39, 0.29) is 17.0 Å². The number of aryl methyl sites for hydroxylation is 1. The van der Waals surface area contributed by atoms with Crippen LogP contribution in [0.15, 0.2) is 35.0 Å². The lowest BCUT2D eigenvalue weighted by Gasteiger charge is -2.10. The maximum atomic E-state index is 13.6. The molecule has 124 valence electrons. The molecule has 3 heterocycles. The Bertz CT molecular complexity index is 901. The molecule has 4 rings (SSSR count). The van der Waals surface area contributed by atoms with Crippen molar-refractivity contribution in [3.63, 3.8) is 0 Å². The van der Waals surface area contributed by atoms with Crippen LogP contribution < -0.4 is 0 Å². The van der Waals surface area contributed by atoms with Crippen LogP contribution in [0, 0.1) is 0 Å². The number of oxazole rings is 1. The standard InChI is InChI=1S/C16H10F4N2O2/c1-2-8-7-21-4-3-9(8)14-22-12-5-10-11(6-13(12)23-14)16(19,20)24-15(10,17)18/h3-7H,2H2,1H3. The van der Waals surface area contributed by atoms with Crippen LogP contribution in [0.25, 0.3) is 22.6 Å². The van der Waals surface area contributed by atoms with Crippen molar-refractivity contribution in [2.75, 3.05) is 0 Å². The average molecular weight is 338 g/mol. The number of hydrogen-bond acceptors (Lipinski definition) is 4. The lowest BCUT2D eigenvalue weighted by Crippen LogP contribution is -2.17. The first kappa shape index (κ1) is 15.1. The summed E-state index contributed by atoms with van der Waals surface area (Å²) in [4.78, 5) is 8.15. The molecule has 4 nitrogen and oxygen atoms in total. The molecule has 1 aromatic carbocycles. The highest BCUT2D eigenvalue weighted by atomic mass is 19.3. The van der Waals surface area contributed by atoms with E-state index in [4.69, 9.17) is 4.42 Å². The first-order chi connectivity index (χ1) is 11.3. The number of hydrogen-bond donors (Lipinski definition) is 0. The zero-order chi connectivity index (χ0) is 17.1. The van der Waals surface area contributed by atoms with E-state index in [0.717, 1.165) is 17.7 Å². The van der Waals surface area contributed by atoms with Crippen molar-refractivity contribution in [2.45, 2.75) is 25.6 Å². The van der Waals surface area contributed by atoms with E-state index < -0.39 is 23.3 Å². The molecule has 8 heteroatoms. The van der Waals surface area contributed by atoms with Crippen LogP contribution in [0.5, 0.6) is 0 Å². The third-order valence-electron chi connectivity index (χ3n) is 3.93. The Labute approximate surface area is 133 Å². The fourth-order valence-electron chi connectivity index (χ4n) is 2.76. The first-order valence-corrected chi connectivity index (χ1v) is 7.16. The summed E-state index contributed by atoms with van der Waals surface area (Å²) in [6.07, 6.45) is -4.31. The number of aromatic nitrogens is 2. The Kier molecular flexibility index (Phi) is 2.99. The number of benzene rings is 1. The predicted octanol–water partition coefficient (Wildman–Crippen LogP) is 4.58. The van der Waals surface area contributed by atoms with E-state index >= 15 is 0 Å². The van der Waals surface area contributed by atoms with E-state index in [1.54, 1.807) is 18.5 Å². The summed E-state index contributed by atoms with van der Waals surface area (Å²) >= 11 is 0. The van der Waals surface area contributed by atoms with Crippen molar-refractivity contribution in [3.8, 4) is 11.5 Å². The minimum absolute atomic E-state index is 0.0106. The van der Waals surface area contributed by atoms with Crippen molar-refractivity contribution in [3.05, 3.63) is 47.3 Å². The third-order valence-corrected chi connectivity index (χ3v) is 3.93. The van der Waals surface area contributed by atoms with Gasteiger partial charge in [-0.2, -0.15) is 17.6 Å². The number of alkyl halides is 4. The molecule has 2 aromatic heterocycles. The van der Waals surface area contributed by atoms with Crippen LogP contribution >= 0.6 is 0 Å². The van der Waals surface area contributed by atoms with Gasteiger partial charge in [-0.3, -0.25) is 4.98 Å². The van der Waals surface area contributed by atoms with E-state index in [9.17, 15) is 17.6 Å². The van der Waals surface area contributed by atoms with Crippen molar-refractivity contribution in [2.24, 2.45) is 0 Å². The molecule has 0 unspecified atom stereocenters. The first-order valence-electron chi connectivity index (χ1n) is 7.16. The molecule has 0 bridgehead atoms. The monoisotopic (exact) mass is 338 g/mol. The lowest BCUT2D eigenvalue weighted by atomic mass is 10.1. The molecule has 0 fully saturated rings. The molecular formula is C16H10F4N2O2. The molecule has 0 spiro atoms. The van der Waals surface area contributed by atoms with E-state index in [1.165, 1.54) is 0 Å². The summed E-state index contributed by atoms with van der Waals surface area (Å²) in [6.45, 7) is 1.91. The highest BCUT2D eigenvalue weighted by molar-refractivity contribution is 5.79. The summed E-state index contributed by atoms with van der Waals surface area (Å²) in [5.74, 6) is 0.167. The van der Waals surface area contributed by atoms with E-state index in [0.29, 0.717) is 12.0 Å². The minimum atomic E-state index is -4.08. The lowest BCUT2D eigenvalue weighted by molar-refractivity contribution is -0.369. The van der Waals surface area contributed by atoms with Crippen LogP contribution in [0.3, 0.4) is 0 Å². The molecule has 1 aliphatic heterocycles. The van der Waals surface area contributed by atoms with Gasteiger partial charge in [0.05, 0.1) is 11.1 Å². The highest BCUT2D eigenvalue weighted by Crippen LogP contribution is 2.52. The molecule has 3 aromatic rings. The van der Waals surface area contributed by atoms with E-state index in [2.05, 4.69) is 14.7 Å². The number of nitrogens with zero attached hydrogens (tertiary/aromatic N) is 2. The van der Waals surface area contributed by atoms with Gasteiger partial charge in [0.2, 0.25) is 5.89 Å². The minimum Gasteiger partial charge on any atom is -0.436 e. The average Bonchev–Trinajstić information content (AvgIpc) is 3.02. The number of halogens is 4. The highest BCUT2D eigenvalue weighted by Gasteiger charge is 2.57. The fourth-order valence-corrected chi connectivity index (χ4v) is 2.76. The van der Waals surface area contributed by atoms with Gasteiger partial charge < -0.3 is 4.42 Å². The zero-order valence-corrected chi connectivity index (χ0v) is 12.3. The Morgan fingerprint density at radius 1 is 1.08 bits per heavy atom. The number of rotatable bonds is 2. The van der Waals surface area contributed by atoms with Crippen LogP contribution in [0.1, 0.15) is 23.6 Å². The topological polar surface area (TPSA) is 48.2 Å². The summed E-state index contributed by atoms with van der Waals surface area (Å²) < 4.78 is 63.6. The molecule has 24 heavy (non-hydrogen) atoms.